The number of aliphatic carboxylic acids is 1. The van der Waals surface area contributed by atoms with Crippen LogP contribution < -0.4 is 9.47 Å². The molecule has 1 aliphatic rings. The number of hydrogen-bond donors (Lipinski definition) is 1. The first-order valence-electron chi connectivity index (χ1n) is 8.62. The van der Waals surface area contributed by atoms with E-state index in [9.17, 15) is 9.90 Å². The summed E-state index contributed by atoms with van der Waals surface area (Å²) in [5.41, 5.74) is 1.58. The first-order valence-corrected chi connectivity index (χ1v) is 9.38. The summed E-state index contributed by atoms with van der Waals surface area (Å²) in [6, 6.07) is 9.85. The van der Waals surface area contributed by atoms with Crippen molar-refractivity contribution in [3.8, 4) is 11.5 Å². The van der Waals surface area contributed by atoms with Gasteiger partial charge in [-0.05, 0) is 36.6 Å². The van der Waals surface area contributed by atoms with Crippen molar-refractivity contribution in [2.24, 2.45) is 0 Å². The molecule has 0 aliphatic carbocycles. The third-order valence-corrected chi connectivity index (χ3v) is 5.46. The SMILES string of the molecule is COc1cccc(C(c2ccc(Cl)cc2Cl)N2CCCC2C(=O)O)c1OC. The highest BCUT2D eigenvalue weighted by Gasteiger charge is 2.39. The number of hydrogen-bond acceptors (Lipinski definition) is 4. The molecule has 1 saturated heterocycles. The zero-order valence-corrected chi connectivity index (χ0v) is 16.6. The molecule has 144 valence electrons. The van der Waals surface area contributed by atoms with Gasteiger partial charge in [-0.15, -0.1) is 0 Å². The Morgan fingerprint density at radius 3 is 2.59 bits per heavy atom. The van der Waals surface area contributed by atoms with Gasteiger partial charge >= 0.3 is 5.97 Å². The normalized spacial score (nSPS) is 18.3. The van der Waals surface area contributed by atoms with Crippen molar-refractivity contribution in [3.05, 3.63) is 57.6 Å². The summed E-state index contributed by atoms with van der Waals surface area (Å²) in [6.45, 7) is 0.640. The maximum atomic E-state index is 11.8. The van der Waals surface area contributed by atoms with Crippen LogP contribution in [0.5, 0.6) is 11.5 Å². The molecule has 0 aromatic heterocycles. The standard InChI is InChI=1S/C20H21Cl2NO4/c1-26-17-7-3-5-14(19(17)27-2)18(13-9-8-12(21)11-15(13)22)23-10-4-6-16(23)20(24)25/h3,5,7-9,11,16,18H,4,6,10H2,1-2H3,(H,24,25). The highest BCUT2D eigenvalue weighted by atomic mass is 35.5. The summed E-state index contributed by atoms with van der Waals surface area (Å²) in [5, 5.41) is 10.7. The molecular weight excluding hydrogens is 389 g/mol. The van der Waals surface area contributed by atoms with Crippen LogP contribution in [-0.4, -0.2) is 42.8 Å². The van der Waals surface area contributed by atoms with Crippen LogP contribution in [0.4, 0.5) is 0 Å². The summed E-state index contributed by atoms with van der Waals surface area (Å²) in [5.74, 6) is 0.299. The van der Waals surface area contributed by atoms with E-state index in [4.69, 9.17) is 32.7 Å². The number of methoxy groups -OCH3 is 2. The van der Waals surface area contributed by atoms with Crippen molar-refractivity contribution >= 4 is 29.2 Å². The number of carboxylic acid groups (broad SMARTS) is 1. The minimum absolute atomic E-state index is 0.400. The van der Waals surface area contributed by atoms with Crippen LogP contribution in [0.25, 0.3) is 0 Å². The molecule has 2 aromatic rings. The molecular formula is C20H21Cl2NO4. The largest absolute Gasteiger partial charge is 0.493 e. The van der Waals surface area contributed by atoms with Crippen LogP contribution >= 0.6 is 23.2 Å². The lowest BCUT2D eigenvalue weighted by atomic mass is 9.95. The average Bonchev–Trinajstić information content (AvgIpc) is 3.13. The van der Waals surface area contributed by atoms with E-state index in [1.54, 1.807) is 26.4 Å². The van der Waals surface area contributed by atoms with E-state index < -0.39 is 18.1 Å². The second kappa shape index (κ2) is 8.38. The van der Waals surface area contributed by atoms with Crippen LogP contribution in [0.1, 0.15) is 30.0 Å². The van der Waals surface area contributed by atoms with E-state index in [0.29, 0.717) is 34.5 Å². The van der Waals surface area contributed by atoms with Gasteiger partial charge in [0.15, 0.2) is 11.5 Å². The Morgan fingerprint density at radius 2 is 1.96 bits per heavy atom. The number of halogens is 2. The van der Waals surface area contributed by atoms with E-state index in [2.05, 4.69) is 0 Å². The molecule has 2 unspecified atom stereocenters. The predicted molar refractivity (Wildman–Crippen MR) is 105 cm³/mol. The lowest BCUT2D eigenvalue weighted by Crippen LogP contribution is -2.39. The Morgan fingerprint density at radius 1 is 1.19 bits per heavy atom. The van der Waals surface area contributed by atoms with Crippen LogP contribution in [0.2, 0.25) is 10.0 Å². The molecule has 0 spiro atoms. The smallest absolute Gasteiger partial charge is 0.320 e. The Bertz CT molecular complexity index is 843. The fraction of sp³-hybridized carbons (Fsp3) is 0.350. The molecule has 0 bridgehead atoms. The molecule has 1 fully saturated rings. The van der Waals surface area contributed by atoms with Gasteiger partial charge in [-0.3, -0.25) is 9.69 Å². The lowest BCUT2D eigenvalue weighted by molar-refractivity contribution is -0.142. The van der Waals surface area contributed by atoms with Crippen molar-refractivity contribution < 1.29 is 19.4 Å². The number of para-hydroxylation sites is 1. The van der Waals surface area contributed by atoms with Crippen molar-refractivity contribution in [3.63, 3.8) is 0 Å². The Kier molecular flexibility index (Phi) is 6.15. The van der Waals surface area contributed by atoms with Gasteiger partial charge in [-0.1, -0.05) is 41.4 Å². The highest BCUT2D eigenvalue weighted by Crippen LogP contribution is 2.44. The number of rotatable bonds is 6. The third-order valence-electron chi connectivity index (χ3n) is 4.90. The molecule has 2 aromatic carbocycles. The van der Waals surface area contributed by atoms with Gasteiger partial charge in [0.2, 0.25) is 0 Å². The molecule has 0 radical (unpaired) electrons. The average molecular weight is 410 g/mol. The quantitative estimate of drug-likeness (QED) is 0.752. The van der Waals surface area contributed by atoms with E-state index in [0.717, 1.165) is 17.5 Å². The Balaban J connectivity index is 2.21. The van der Waals surface area contributed by atoms with Gasteiger partial charge in [0, 0.05) is 22.2 Å². The van der Waals surface area contributed by atoms with Gasteiger partial charge < -0.3 is 14.6 Å². The Hall–Kier alpha value is -1.95. The number of carbonyl (C=O) groups is 1. The fourth-order valence-electron chi connectivity index (χ4n) is 3.74. The fourth-order valence-corrected chi connectivity index (χ4v) is 4.25. The first-order chi connectivity index (χ1) is 13.0. The molecule has 0 amide bonds. The lowest BCUT2D eigenvalue weighted by Gasteiger charge is -2.33. The summed E-state index contributed by atoms with van der Waals surface area (Å²) >= 11 is 12.6. The van der Waals surface area contributed by atoms with Gasteiger partial charge in [0.25, 0.3) is 0 Å². The Labute approximate surface area is 168 Å². The van der Waals surface area contributed by atoms with E-state index >= 15 is 0 Å². The molecule has 1 N–H and O–H groups in total. The monoisotopic (exact) mass is 409 g/mol. The van der Waals surface area contributed by atoms with Gasteiger partial charge in [0.05, 0.1) is 20.3 Å². The topological polar surface area (TPSA) is 59.0 Å². The van der Waals surface area contributed by atoms with Gasteiger partial charge in [-0.2, -0.15) is 0 Å². The van der Waals surface area contributed by atoms with Crippen LogP contribution in [-0.2, 0) is 4.79 Å². The molecule has 5 nitrogen and oxygen atoms in total. The van der Waals surface area contributed by atoms with E-state index in [-0.39, 0.29) is 0 Å². The minimum atomic E-state index is -0.843. The second-order valence-corrected chi connectivity index (χ2v) is 7.23. The molecule has 1 heterocycles. The summed E-state index contributed by atoms with van der Waals surface area (Å²) < 4.78 is 11.1. The minimum Gasteiger partial charge on any atom is -0.493 e. The predicted octanol–water partition coefficient (Wildman–Crippen LogP) is 4.65. The molecule has 3 rings (SSSR count). The first kappa shape index (κ1) is 19.8. The van der Waals surface area contributed by atoms with Crippen molar-refractivity contribution in [2.45, 2.75) is 24.9 Å². The van der Waals surface area contributed by atoms with Crippen LogP contribution in [0, 0.1) is 0 Å². The number of benzene rings is 2. The maximum Gasteiger partial charge on any atom is 0.320 e. The third kappa shape index (κ3) is 3.86. The molecule has 0 saturated carbocycles. The van der Waals surface area contributed by atoms with E-state index in [1.165, 1.54) is 0 Å². The number of likely N-dealkylation sites (tertiary alicyclic amines) is 1. The van der Waals surface area contributed by atoms with Crippen molar-refractivity contribution in [1.82, 2.24) is 4.90 Å². The second-order valence-electron chi connectivity index (χ2n) is 6.39. The molecule has 27 heavy (non-hydrogen) atoms. The zero-order valence-electron chi connectivity index (χ0n) is 15.1. The van der Waals surface area contributed by atoms with Gasteiger partial charge in [0.1, 0.15) is 6.04 Å². The number of ether oxygens (including phenoxy) is 2. The summed E-state index contributed by atoms with van der Waals surface area (Å²) in [6.07, 6.45) is 1.38. The number of nitrogens with zero attached hydrogens (tertiary/aromatic N) is 1. The van der Waals surface area contributed by atoms with E-state index in [1.807, 2.05) is 29.2 Å². The molecule has 7 heteroatoms. The number of carboxylic acids is 1. The zero-order chi connectivity index (χ0) is 19.6. The summed E-state index contributed by atoms with van der Waals surface area (Å²) in [7, 11) is 3.14. The molecule has 1 aliphatic heterocycles. The molecule has 2 atom stereocenters. The van der Waals surface area contributed by atoms with Crippen LogP contribution in [0.15, 0.2) is 36.4 Å². The highest BCUT2D eigenvalue weighted by molar-refractivity contribution is 6.35. The maximum absolute atomic E-state index is 11.8. The van der Waals surface area contributed by atoms with Crippen molar-refractivity contribution in [2.75, 3.05) is 20.8 Å². The summed E-state index contributed by atoms with van der Waals surface area (Å²) in [4.78, 5) is 13.8. The van der Waals surface area contributed by atoms with Gasteiger partial charge in [-0.25, -0.2) is 0 Å². The van der Waals surface area contributed by atoms with Crippen LogP contribution in [0.3, 0.4) is 0 Å². The van der Waals surface area contributed by atoms with Crippen molar-refractivity contribution in [1.29, 1.82) is 0 Å².